The second kappa shape index (κ2) is 9.64. The molecule has 0 bridgehead atoms. The van der Waals surface area contributed by atoms with Crippen molar-refractivity contribution < 1.29 is 4.74 Å². The van der Waals surface area contributed by atoms with E-state index in [0.717, 1.165) is 11.3 Å². The molecule has 3 heteroatoms. The van der Waals surface area contributed by atoms with Crippen molar-refractivity contribution in [2.45, 2.75) is 18.4 Å². The van der Waals surface area contributed by atoms with Crippen LogP contribution >= 0.6 is 11.8 Å². The van der Waals surface area contributed by atoms with Crippen molar-refractivity contribution in [2.24, 2.45) is 4.99 Å². The monoisotopic (exact) mass is 359 g/mol. The van der Waals surface area contributed by atoms with Gasteiger partial charge in [0.15, 0.2) is 0 Å². The SMILES string of the molecule is Cc1cccc(COC(C=CSc2ccccc2)=Nc2ccccc2)c1. The van der Waals surface area contributed by atoms with Crippen molar-refractivity contribution in [1.29, 1.82) is 0 Å². The summed E-state index contributed by atoms with van der Waals surface area (Å²) in [7, 11) is 0. The van der Waals surface area contributed by atoms with Gasteiger partial charge in [-0.05, 0) is 42.2 Å². The predicted octanol–water partition coefficient (Wildman–Crippen LogP) is 6.55. The van der Waals surface area contributed by atoms with Gasteiger partial charge in [-0.2, -0.15) is 0 Å². The summed E-state index contributed by atoms with van der Waals surface area (Å²) in [5.74, 6) is 0.598. The van der Waals surface area contributed by atoms with Gasteiger partial charge in [-0.3, -0.25) is 0 Å². The number of thioether (sulfide) groups is 1. The van der Waals surface area contributed by atoms with Crippen LogP contribution in [0.5, 0.6) is 0 Å². The lowest BCUT2D eigenvalue weighted by atomic mass is 10.1. The number of aliphatic imine (C=N–C) groups is 1. The number of para-hydroxylation sites is 1. The van der Waals surface area contributed by atoms with E-state index in [4.69, 9.17) is 4.74 Å². The van der Waals surface area contributed by atoms with E-state index in [0.29, 0.717) is 12.5 Å². The Morgan fingerprint density at radius 2 is 1.65 bits per heavy atom. The van der Waals surface area contributed by atoms with Gasteiger partial charge in [0.2, 0.25) is 5.90 Å². The molecule has 0 N–H and O–H groups in total. The lowest BCUT2D eigenvalue weighted by molar-refractivity contribution is 0.295. The highest BCUT2D eigenvalue weighted by molar-refractivity contribution is 8.02. The van der Waals surface area contributed by atoms with E-state index in [1.165, 1.54) is 10.5 Å². The topological polar surface area (TPSA) is 21.6 Å². The summed E-state index contributed by atoms with van der Waals surface area (Å²) in [6, 6.07) is 28.4. The van der Waals surface area contributed by atoms with E-state index < -0.39 is 0 Å². The Hall–Kier alpha value is -2.78. The maximum absolute atomic E-state index is 5.97. The normalized spacial score (nSPS) is 11.7. The van der Waals surface area contributed by atoms with Crippen molar-refractivity contribution in [3.05, 3.63) is 108 Å². The van der Waals surface area contributed by atoms with Crippen LogP contribution in [-0.2, 0) is 11.3 Å². The third kappa shape index (κ3) is 5.94. The average Bonchev–Trinajstić information content (AvgIpc) is 2.68. The summed E-state index contributed by atoms with van der Waals surface area (Å²) in [6.45, 7) is 2.58. The number of hydrogen-bond donors (Lipinski definition) is 0. The minimum absolute atomic E-state index is 0.494. The molecule has 0 aliphatic heterocycles. The van der Waals surface area contributed by atoms with Crippen LogP contribution in [-0.4, -0.2) is 5.90 Å². The molecule has 0 aliphatic carbocycles. The smallest absolute Gasteiger partial charge is 0.214 e. The first kappa shape index (κ1) is 18.0. The Bertz CT molecular complexity index is 873. The molecule has 3 aromatic rings. The van der Waals surface area contributed by atoms with Gasteiger partial charge in [-0.1, -0.05) is 78.0 Å². The highest BCUT2D eigenvalue weighted by Gasteiger charge is 2.00. The number of nitrogens with zero attached hydrogens (tertiary/aromatic N) is 1. The molecule has 0 radical (unpaired) electrons. The Kier molecular flexibility index (Phi) is 6.68. The van der Waals surface area contributed by atoms with Gasteiger partial charge in [-0.15, -0.1) is 0 Å². The fourth-order valence-electron chi connectivity index (χ4n) is 2.38. The first-order chi connectivity index (χ1) is 12.8. The highest BCUT2D eigenvalue weighted by atomic mass is 32.2. The molecular formula is C23H21NOS. The zero-order valence-corrected chi connectivity index (χ0v) is 15.5. The molecule has 0 atom stereocenters. The lowest BCUT2D eigenvalue weighted by Crippen LogP contribution is -2.01. The van der Waals surface area contributed by atoms with Crippen LogP contribution in [0.25, 0.3) is 0 Å². The molecule has 0 heterocycles. The van der Waals surface area contributed by atoms with Crippen molar-refractivity contribution >= 4 is 23.3 Å². The Balaban J connectivity index is 1.72. The largest absolute Gasteiger partial charge is 0.473 e. The fourth-order valence-corrected chi connectivity index (χ4v) is 3.03. The van der Waals surface area contributed by atoms with Gasteiger partial charge in [0.25, 0.3) is 0 Å². The highest BCUT2D eigenvalue weighted by Crippen LogP contribution is 2.19. The summed E-state index contributed by atoms with van der Waals surface area (Å²) in [6.07, 6.45) is 1.92. The van der Waals surface area contributed by atoms with Crippen LogP contribution in [0.15, 0.2) is 106 Å². The van der Waals surface area contributed by atoms with Crippen molar-refractivity contribution in [2.75, 3.05) is 0 Å². The molecule has 0 fully saturated rings. The minimum atomic E-state index is 0.494. The molecule has 2 nitrogen and oxygen atoms in total. The van der Waals surface area contributed by atoms with E-state index in [-0.39, 0.29) is 0 Å². The second-order valence-electron chi connectivity index (χ2n) is 5.80. The number of aryl methyl sites for hydroxylation is 1. The summed E-state index contributed by atoms with van der Waals surface area (Å²) < 4.78 is 5.97. The van der Waals surface area contributed by atoms with Gasteiger partial charge in [0.1, 0.15) is 6.61 Å². The zero-order chi connectivity index (χ0) is 18.0. The standard InChI is InChI=1S/C23H21NOS/c1-19-9-8-10-20(17-19)18-25-23(24-21-11-4-2-5-12-21)15-16-26-22-13-6-3-7-14-22/h2-17H,18H2,1H3. The Morgan fingerprint density at radius 3 is 2.38 bits per heavy atom. The third-order valence-corrected chi connectivity index (χ3v) is 4.44. The van der Waals surface area contributed by atoms with Gasteiger partial charge in [0, 0.05) is 11.0 Å². The van der Waals surface area contributed by atoms with Crippen LogP contribution in [0.1, 0.15) is 11.1 Å². The predicted molar refractivity (Wildman–Crippen MR) is 111 cm³/mol. The lowest BCUT2D eigenvalue weighted by Gasteiger charge is -2.07. The van der Waals surface area contributed by atoms with Crippen molar-refractivity contribution in [3.63, 3.8) is 0 Å². The van der Waals surface area contributed by atoms with Crippen molar-refractivity contribution in [1.82, 2.24) is 0 Å². The first-order valence-electron chi connectivity index (χ1n) is 8.50. The number of hydrogen-bond acceptors (Lipinski definition) is 3. The molecule has 26 heavy (non-hydrogen) atoms. The van der Waals surface area contributed by atoms with Gasteiger partial charge in [0.05, 0.1) is 5.69 Å². The van der Waals surface area contributed by atoms with E-state index in [9.17, 15) is 0 Å². The number of ether oxygens (including phenoxy) is 1. The van der Waals surface area contributed by atoms with Crippen LogP contribution in [0.4, 0.5) is 5.69 Å². The van der Waals surface area contributed by atoms with E-state index >= 15 is 0 Å². The molecule has 0 spiro atoms. The summed E-state index contributed by atoms with van der Waals surface area (Å²) >= 11 is 1.64. The van der Waals surface area contributed by atoms with Gasteiger partial charge in [-0.25, -0.2) is 4.99 Å². The molecule has 0 aliphatic rings. The maximum atomic E-state index is 5.97. The molecule has 0 saturated heterocycles. The van der Waals surface area contributed by atoms with Crippen LogP contribution in [0.2, 0.25) is 0 Å². The minimum Gasteiger partial charge on any atom is -0.473 e. The maximum Gasteiger partial charge on any atom is 0.214 e. The van der Waals surface area contributed by atoms with E-state index in [1.807, 2.05) is 66.1 Å². The third-order valence-electron chi connectivity index (χ3n) is 3.62. The summed E-state index contributed by atoms with van der Waals surface area (Å²) in [5, 5.41) is 2.01. The summed E-state index contributed by atoms with van der Waals surface area (Å²) in [5.41, 5.74) is 3.24. The second-order valence-corrected chi connectivity index (χ2v) is 6.78. The molecule has 0 amide bonds. The Labute approximate surface area is 159 Å². The molecule has 3 rings (SSSR count). The van der Waals surface area contributed by atoms with Crippen LogP contribution in [0.3, 0.4) is 0 Å². The van der Waals surface area contributed by atoms with E-state index in [1.54, 1.807) is 11.8 Å². The zero-order valence-electron chi connectivity index (χ0n) is 14.7. The fraction of sp³-hybridized carbons (Fsp3) is 0.0870. The van der Waals surface area contributed by atoms with Gasteiger partial charge >= 0.3 is 0 Å². The van der Waals surface area contributed by atoms with Crippen LogP contribution in [0, 0.1) is 6.92 Å². The van der Waals surface area contributed by atoms with Crippen molar-refractivity contribution in [3.8, 4) is 0 Å². The number of benzene rings is 3. The van der Waals surface area contributed by atoms with Crippen LogP contribution < -0.4 is 0 Å². The van der Waals surface area contributed by atoms with E-state index in [2.05, 4.69) is 42.2 Å². The molecule has 0 unspecified atom stereocenters. The first-order valence-corrected chi connectivity index (χ1v) is 9.38. The van der Waals surface area contributed by atoms with Gasteiger partial charge < -0.3 is 4.74 Å². The average molecular weight is 359 g/mol. The molecular weight excluding hydrogens is 338 g/mol. The molecule has 130 valence electrons. The molecule has 3 aromatic carbocycles. The Morgan fingerprint density at radius 1 is 0.923 bits per heavy atom. The molecule has 0 saturated carbocycles. The quantitative estimate of drug-likeness (QED) is 0.283. The number of rotatable bonds is 6. The summed E-state index contributed by atoms with van der Waals surface area (Å²) in [4.78, 5) is 5.80. The molecule has 0 aromatic heterocycles.